The van der Waals surface area contributed by atoms with Crippen LogP contribution in [0.25, 0.3) is 22.0 Å². The molecular weight excluding hydrogens is 310 g/mol. The monoisotopic (exact) mass is 325 g/mol. The minimum atomic E-state index is 0.0117. The quantitative estimate of drug-likeness (QED) is 0.796. The average molecular weight is 325 g/mol. The van der Waals surface area contributed by atoms with Crippen LogP contribution in [0.2, 0.25) is 0 Å². The summed E-state index contributed by atoms with van der Waals surface area (Å²) in [5.74, 6) is 2.18. The van der Waals surface area contributed by atoms with Gasteiger partial charge in [-0.2, -0.15) is 0 Å². The second-order valence-electron chi connectivity index (χ2n) is 5.35. The number of aromatic nitrogens is 1. The van der Waals surface area contributed by atoms with Gasteiger partial charge < -0.3 is 24.1 Å². The molecule has 1 N–H and O–H groups in total. The van der Waals surface area contributed by atoms with E-state index < -0.39 is 0 Å². The third-order valence-corrected chi connectivity index (χ3v) is 3.97. The van der Waals surface area contributed by atoms with Crippen LogP contribution in [0.3, 0.4) is 0 Å². The fourth-order valence-corrected chi connectivity index (χ4v) is 2.79. The van der Waals surface area contributed by atoms with Crippen LogP contribution in [0.5, 0.6) is 28.7 Å². The predicted octanol–water partition coefficient (Wildman–Crippen LogP) is 3.35. The van der Waals surface area contributed by atoms with Crippen LogP contribution in [0.4, 0.5) is 0 Å². The molecule has 1 aromatic heterocycles. The van der Waals surface area contributed by atoms with Gasteiger partial charge in [0.05, 0.1) is 19.7 Å². The number of methoxy groups -OCH3 is 2. The van der Waals surface area contributed by atoms with Crippen LogP contribution in [-0.4, -0.2) is 31.1 Å². The lowest BCUT2D eigenvalue weighted by Gasteiger charge is -2.12. The molecule has 0 fully saturated rings. The third kappa shape index (κ3) is 2.23. The number of benzene rings is 2. The van der Waals surface area contributed by atoms with Crippen molar-refractivity contribution in [1.82, 2.24) is 4.98 Å². The highest BCUT2D eigenvalue weighted by Crippen LogP contribution is 2.41. The third-order valence-electron chi connectivity index (χ3n) is 3.97. The molecule has 24 heavy (non-hydrogen) atoms. The Labute approximate surface area is 138 Å². The Morgan fingerprint density at radius 2 is 1.75 bits per heavy atom. The van der Waals surface area contributed by atoms with Crippen molar-refractivity contribution in [2.75, 3.05) is 21.0 Å². The zero-order valence-corrected chi connectivity index (χ0v) is 13.2. The van der Waals surface area contributed by atoms with Crippen LogP contribution in [0.1, 0.15) is 0 Å². The molecule has 0 saturated heterocycles. The molecule has 2 heterocycles. The maximum absolute atomic E-state index is 10.1. The normalized spacial score (nSPS) is 12.4. The number of hydrogen-bond donors (Lipinski definition) is 1. The van der Waals surface area contributed by atoms with Gasteiger partial charge in [-0.15, -0.1) is 0 Å². The van der Waals surface area contributed by atoms with Gasteiger partial charge in [0.2, 0.25) is 12.5 Å². The van der Waals surface area contributed by atoms with Crippen LogP contribution in [-0.2, 0) is 0 Å². The lowest BCUT2D eigenvalue weighted by Crippen LogP contribution is -1.92. The number of ether oxygens (including phenoxy) is 4. The van der Waals surface area contributed by atoms with Crippen LogP contribution in [0.15, 0.2) is 36.5 Å². The SMILES string of the molecule is COc1cc(-c2cnc3cc4c(cc3c2)OCO4)cc(O)c1OC. The lowest BCUT2D eigenvalue weighted by molar-refractivity contribution is 0.174. The molecule has 4 rings (SSSR count). The minimum absolute atomic E-state index is 0.0117. The molecule has 0 unspecified atom stereocenters. The average Bonchev–Trinajstić information content (AvgIpc) is 3.05. The van der Waals surface area contributed by atoms with Gasteiger partial charge in [0.1, 0.15) is 0 Å². The van der Waals surface area contributed by atoms with Crippen LogP contribution >= 0.6 is 0 Å². The van der Waals surface area contributed by atoms with Crippen molar-refractivity contribution < 1.29 is 24.1 Å². The Bertz CT molecular complexity index is 938. The number of aromatic hydroxyl groups is 1. The number of pyridine rings is 1. The van der Waals surface area contributed by atoms with E-state index in [1.165, 1.54) is 14.2 Å². The Morgan fingerprint density at radius 1 is 0.958 bits per heavy atom. The second-order valence-corrected chi connectivity index (χ2v) is 5.35. The van der Waals surface area contributed by atoms with Crippen molar-refractivity contribution in [3.05, 3.63) is 36.5 Å². The Morgan fingerprint density at radius 3 is 2.50 bits per heavy atom. The number of nitrogens with zero attached hydrogens (tertiary/aromatic N) is 1. The van der Waals surface area contributed by atoms with Gasteiger partial charge in [-0.1, -0.05) is 0 Å². The largest absolute Gasteiger partial charge is 0.504 e. The summed E-state index contributed by atoms with van der Waals surface area (Å²) in [6, 6.07) is 9.15. The Balaban J connectivity index is 1.84. The van der Waals surface area contributed by atoms with Crippen molar-refractivity contribution in [3.63, 3.8) is 0 Å². The second kappa shape index (κ2) is 5.49. The van der Waals surface area contributed by atoms with E-state index in [-0.39, 0.29) is 12.5 Å². The summed E-state index contributed by atoms with van der Waals surface area (Å²) in [4.78, 5) is 4.47. The molecule has 1 aliphatic heterocycles. The maximum Gasteiger partial charge on any atom is 0.231 e. The highest BCUT2D eigenvalue weighted by atomic mass is 16.7. The first-order chi connectivity index (χ1) is 11.7. The van der Waals surface area contributed by atoms with Crippen LogP contribution in [0, 0.1) is 0 Å². The van der Waals surface area contributed by atoms with Crippen molar-refractivity contribution in [2.45, 2.75) is 0 Å². The molecule has 0 aliphatic carbocycles. The summed E-state index contributed by atoms with van der Waals surface area (Å²) in [5, 5.41) is 11.1. The summed E-state index contributed by atoms with van der Waals surface area (Å²) in [6.45, 7) is 0.224. The van der Waals surface area contributed by atoms with Gasteiger partial charge >= 0.3 is 0 Å². The molecular formula is C18H15NO5. The van der Waals surface area contributed by atoms with E-state index in [0.717, 1.165) is 22.0 Å². The predicted molar refractivity (Wildman–Crippen MR) is 88.1 cm³/mol. The molecule has 0 atom stereocenters. The molecule has 6 heteroatoms. The van der Waals surface area contributed by atoms with Gasteiger partial charge in [0.25, 0.3) is 0 Å². The van der Waals surface area contributed by atoms with Gasteiger partial charge in [0.15, 0.2) is 23.0 Å². The summed E-state index contributed by atoms with van der Waals surface area (Å²) in [7, 11) is 3.01. The van der Waals surface area contributed by atoms with E-state index in [1.54, 1.807) is 18.3 Å². The smallest absolute Gasteiger partial charge is 0.231 e. The molecule has 0 amide bonds. The lowest BCUT2D eigenvalue weighted by atomic mass is 10.0. The Kier molecular flexibility index (Phi) is 3.30. The molecule has 0 bridgehead atoms. The van der Waals surface area contributed by atoms with E-state index in [0.29, 0.717) is 23.0 Å². The summed E-state index contributed by atoms with van der Waals surface area (Å²) < 4.78 is 21.2. The van der Waals surface area contributed by atoms with E-state index in [2.05, 4.69) is 4.98 Å². The van der Waals surface area contributed by atoms with Gasteiger partial charge in [-0.05, 0) is 29.8 Å². The fourth-order valence-electron chi connectivity index (χ4n) is 2.79. The molecule has 1 aliphatic rings. The van der Waals surface area contributed by atoms with E-state index in [1.807, 2.05) is 18.2 Å². The number of fused-ring (bicyclic) bond motifs is 2. The zero-order chi connectivity index (χ0) is 16.7. The molecule has 6 nitrogen and oxygen atoms in total. The number of rotatable bonds is 3. The van der Waals surface area contributed by atoms with Crippen molar-refractivity contribution in [2.24, 2.45) is 0 Å². The van der Waals surface area contributed by atoms with E-state index >= 15 is 0 Å². The molecule has 0 spiro atoms. The van der Waals surface area contributed by atoms with Gasteiger partial charge in [-0.25, -0.2) is 0 Å². The number of phenols is 1. The highest BCUT2D eigenvalue weighted by Gasteiger charge is 2.16. The maximum atomic E-state index is 10.1. The first kappa shape index (κ1) is 14.4. The number of hydrogen-bond acceptors (Lipinski definition) is 6. The van der Waals surface area contributed by atoms with E-state index in [9.17, 15) is 5.11 Å². The summed E-state index contributed by atoms with van der Waals surface area (Å²) in [6.07, 6.45) is 1.74. The number of phenolic OH excluding ortho intramolecular Hbond substituents is 1. The first-order valence-electron chi connectivity index (χ1n) is 7.34. The van der Waals surface area contributed by atoms with Gasteiger partial charge in [-0.3, -0.25) is 4.98 Å². The first-order valence-corrected chi connectivity index (χ1v) is 7.34. The standard InChI is InChI=1S/C18H15NO5/c1-21-17-5-10(4-14(20)18(17)22-2)12-3-11-6-15-16(24-9-23-15)7-13(11)19-8-12/h3-8,20H,9H2,1-2H3. The van der Waals surface area contributed by atoms with Crippen LogP contribution < -0.4 is 18.9 Å². The Hall–Kier alpha value is -3.15. The van der Waals surface area contributed by atoms with Gasteiger partial charge in [0, 0.05) is 23.2 Å². The van der Waals surface area contributed by atoms with E-state index in [4.69, 9.17) is 18.9 Å². The highest BCUT2D eigenvalue weighted by molar-refractivity contribution is 5.87. The summed E-state index contributed by atoms with van der Waals surface area (Å²) >= 11 is 0. The molecule has 2 aromatic carbocycles. The van der Waals surface area contributed by atoms with Crippen molar-refractivity contribution in [3.8, 4) is 39.9 Å². The van der Waals surface area contributed by atoms with Crippen molar-refractivity contribution in [1.29, 1.82) is 0 Å². The molecule has 3 aromatic rings. The molecule has 122 valence electrons. The summed E-state index contributed by atoms with van der Waals surface area (Å²) in [5.41, 5.74) is 2.43. The molecule has 0 radical (unpaired) electrons. The fraction of sp³-hybridized carbons (Fsp3) is 0.167. The van der Waals surface area contributed by atoms with Crippen molar-refractivity contribution >= 4 is 10.9 Å². The topological polar surface area (TPSA) is 70.0 Å². The molecule has 0 saturated carbocycles. The minimum Gasteiger partial charge on any atom is -0.504 e. The zero-order valence-electron chi connectivity index (χ0n) is 13.2.